The molecule has 8 nitrogen and oxygen atoms in total. The minimum Gasteiger partial charge on any atom is -0.363 e. The van der Waals surface area contributed by atoms with Crippen LogP contribution in [0.3, 0.4) is 0 Å². The maximum Gasteiger partial charge on any atom is 0.357 e. The summed E-state index contributed by atoms with van der Waals surface area (Å²) >= 11 is 0. The number of aromatic amines is 2. The molecule has 0 radical (unpaired) electrons. The highest BCUT2D eigenvalue weighted by molar-refractivity contribution is 5.89. The van der Waals surface area contributed by atoms with Crippen molar-refractivity contribution in [2.75, 3.05) is 13.1 Å². The summed E-state index contributed by atoms with van der Waals surface area (Å²) in [4.78, 5) is 34.5. The first-order valence-corrected chi connectivity index (χ1v) is 14.3. The van der Waals surface area contributed by atoms with Crippen LogP contribution in [0.15, 0.2) is 91.3 Å². The van der Waals surface area contributed by atoms with Crippen LogP contribution in [0.25, 0.3) is 33.6 Å². The molecule has 41 heavy (non-hydrogen) atoms. The van der Waals surface area contributed by atoms with Gasteiger partial charge < -0.3 is 20.1 Å². The van der Waals surface area contributed by atoms with E-state index >= 15 is 0 Å². The van der Waals surface area contributed by atoms with Crippen LogP contribution >= 0.6 is 0 Å². The molecular formula is C33H32N6O2. The van der Waals surface area contributed by atoms with Crippen molar-refractivity contribution in [3.63, 3.8) is 0 Å². The lowest BCUT2D eigenvalue weighted by Crippen LogP contribution is -2.27. The van der Waals surface area contributed by atoms with E-state index in [0.29, 0.717) is 18.2 Å². The molecular weight excluding hydrogens is 512 g/mol. The van der Waals surface area contributed by atoms with E-state index in [-0.39, 0.29) is 12.0 Å². The Kier molecular flexibility index (Phi) is 6.92. The van der Waals surface area contributed by atoms with Gasteiger partial charge in [-0.3, -0.25) is 0 Å². The summed E-state index contributed by atoms with van der Waals surface area (Å²) in [6.07, 6.45) is 7.92. The van der Waals surface area contributed by atoms with Gasteiger partial charge in [0.15, 0.2) is 0 Å². The molecule has 0 saturated carbocycles. The smallest absolute Gasteiger partial charge is 0.357 e. The average Bonchev–Trinajstić information content (AvgIpc) is 3.85. The molecule has 0 unspecified atom stereocenters. The van der Waals surface area contributed by atoms with Crippen LogP contribution in [0.4, 0.5) is 0 Å². The van der Waals surface area contributed by atoms with Crippen molar-refractivity contribution in [3.05, 3.63) is 108 Å². The Hall–Kier alpha value is -4.53. The molecule has 2 fully saturated rings. The SMILES string of the molecule is O=C(ON1CCC[C@H]1c1ncc(-c2ccc(-c3ccc(-c4cnc([C@@H]5CCCN5)[nH]4)cc3)cc2)[nH]1)c1ccccc1. The van der Waals surface area contributed by atoms with Gasteiger partial charge in [-0.15, -0.1) is 5.06 Å². The predicted octanol–water partition coefficient (Wildman–Crippen LogP) is 6.47. The fraction of sp³-hybridized carbons (Fsp3) is 0.242. The molecule has 3 aromatic carbocycles. The number of hydroxylamine groups is 2. The van der Waals surface area contributed by atoms with Gasteiger partial charge in [0.05, 0.1) is 35.4 Å². The van der Waals surface area contributed by atoms with Gasteiger partial charge in [0.1, 0.15) is 17.7 Å². The molecule has 8 heteroatoms. The van der Waals surface area contributed by atoms with Gasteiger partial charge in [0, 0.05) is 6.54 Å². The second-order valence-electron chi connectivity index (χ2n) is 10.7. The molecule has 4 heterocycles. The van der Waals surface area contributed by atoms with Crippen molar-refractivity contribution in [3.8, 4) is 33.6 Å². The van der Waals surface area contributed by atoms with E-state index in [2.05, 4.69) is 73.8 Å². The Morgan fingerprint density at radius 2 is 1.34 bits per heavy atom. The van der Waals surface area contributed by atoms with Crippen molar-refractivity contribution in [2.24, 2.45) is 0 Å². The zero-order chi connectivity index (χ0) is 27.6. The molecule has 2 aliphatic rings. The van der Waals surface area contributed by atoms with Crippen molar-refractivity contribution in [1.82, 2.24) is 30.3 Å². The van der Waals surface area contributed by atoms with Gasteiger partial charge in [0.25, 0.3) is 0 Å². The van der Waals surface area contributed by atoms with Crippen LogP contribution in [0, 0.1) is 0 Å². The summed E-state index contributed by atoms with van der Waals surface area (Å²) in [5, 5.41) is 5.24. The number of hydrogen-bond donors (Lipinski definition) is 3. The molecule has 7 rings (SSSR count). The Morgan fingerprint density at radius 3 is 1.98 bits per heavy atom. The Bertz CT molecular complexity index is 1620. The number of aromatic nitrogens is 4. The van der Waals surface area contributed by atoms with Gasteiger partial charge in [-0.2, -0.15) is 0 Å². The van der Waals surface area contributed by atoms with Crippen LogP contribution in [-0.2, 0) is 4.84 Å². The molecule has 0 amide bonds. The third-order valence-corrected chi connectivity index (χ3v) is 8.04. The standard InChI is InChI=1S/C33H32N6O2/c40-33(26-6-2-1-3-7-26)41-39-19-5-9-30(39)32-36-21-29(38-32)25-16-12-23(13-17-25)22-10-14-24(15-11-22)28-20-35-31(37-28)27-8-4-18-34-27/h1-3,6-7,10-17,20-21,27,30,34H,4-5,8-9,18-19H2,(H,35,37)(H,36,38)/t27-,30-/m0/s1. The van der Waals surface area contributed by atoms with E-state index in [1.807, 2.05) is 30.6 Å². The van der Waals surface area contributed by atoms with Crippen LogP contribution in [-0.4, -0.2) is 44.1 Å². The average molecular weight is 545 g/mol. The molecule has 2 atom stereocenters. The zero-order valence-electron chi connectivity index (χ0n) is 22.7. The first-order chi connectivity index (χ1) is 20.2. The lowest BCUT2D eigenvalue weighted by Gasteiger charge is -2.21. The third kappa shape index (κ3) is 5.31. The monoisotopic (exact) mass is 544 g/mol. The normalized spacial score (nSPS) is 19.0. The summed E-state index contributed by atoms with van der Waals surface area (Å²) < 4.78 is 0. The number of carbonyl (C=O) groups excluding carboxylic acids is 1. The molecule has 2 saturated heterocycles. The topological polar surface area (TPSA) is 98.9 Å². The Labute approximate surface area is 238 Å². The van der Waals surface area contributed by atoms with Gasteiger partial charge in [0.2, 0.25) is 0 Å². The number of rotatable bonds is 7. The summed E-state index contributed by atoms with van der Waals surface area (Å²) in [5.41, 5.74) is 7.01. The summed E-state index contributed by atoms with van der Waals surface area (Å²) in [6.45, 7) is 1.74. The van der Waals surface area contributed by atoms with Gasteiger partial charge >= 0.3 is 5.97 Å². The maximum absolute atomic E-state index is 12.6. The van der Waals surface area contributed by atoms with Crippen LogP contribution in [0.5, 0.6) is 0 Å². The molecule has 0 spiro atoms. The van der Waals surface area contributed by atoms with Crippen molar-refractivity contribution in [2.45, 2.75) is 37.8 Å². The van der Waals surface area contributed by atoms with Crippen molar-refractivity contribution in [1.29, 1.82) is 0 Å². The zero-order valence-corrected chi connectivity index (χ0v) is 22.7. The molecule has 2 aromatic heterocycles. The lowest BCUT2D eigenvalue weighted by atomic mass is 10.0. The van der Waals surface area contributed by atoms with Crippen molar-refractivity contribution < 1.29 is 9.63 Å². The first kappa shape index (κ1) is 25.4. The maximum atomic E-state index is 12.6. The Morgan fingerprint density at radius 1 is 0.732 bits per heavy atom. The van der Waals surface area contributed by atoms with Crippen molar-refractivity contribution >= 4 is 5.97 Å². The highest BCUT2D eigenvalue weighted by atomic mass is 16.7. The van der Waals surface area contributed by atoms with Gasteiger partial charge in [-0.1, -0.05) is 66.7 Å². The van der Waals surface area contributed by atoms with Gasteiger partial charge in [-0.05, 0) is 66.6 Å². The third-order valence-electron chi connectivity index (χ3n) is 8.04. The largest absolute Gasteiger partial charge is 0.363 e. The number of carbonyl (C=O) groups is 1. The van der Waals surface area contributed by atoms with Crippen LogP contribution in [0.2, 0.25) is 0 Å². The molecule has 5 aromatic rings. The van der Waals surface area contributed by atoms with Crippen LogP contribution in [0.1, 0.15) is 59.8 Å². The number of hydrogen-bond acceptors (Lipinski definition) is 6. The van der Waals surface area contributed by atoms with E-state index in [1.165, 1.54) is 6.42 Å². The molecule has 0 aliphatic carbocycles. The number of nitrogens with one attached hydrogen (secondary N) is 3. The number of imidazole rings is 2. The number of nitrogens with zero attached hydrogens (tertiary/aromatic N) is 3. The highest BCUT2D eigenvalue weighted by Crippen LogP contribution is 2.33. The number of benzene rings is 3. The minimum atomic E-state index is -0.344. The van der Waals surface area contributed by atoms with E-state index in [9.17, 15) is 4.79 Å². The van der Waals surface area contributed by atoms with E-state index < -0.39 is 0 Å². The summed E-state index contributed by atoms with van der Waals surface area (Å²) in [6, 6.07) is 26.4. The second-order valence-corrected chi connectivity index (χ2v) is 10.7. The molecule has 3 N–H and O–H groups in total. The van der Waals surface area contributed by atoms with E-state index in [0.717, 1.165) is 71.1 Å². The highest BCUT2D eigenvalue weighted by Gasteiger charge is 2.32. The lowest BCUT2D eigenvalue weighted by molar-refractivity contribution is -0.121. The first-order valence-electron chi connectivity index (χ1n) is 14.3. The fourth-order valence-corrected chi connectivity index (χ4v) is 5.77. The van der Waals surface area contributed by atoms with Gasteiger partial charge in [-0.25, -0.2) is 14.8 Å². The molecule has 0 bridgehead atoms. The summed E-state index contributed by atoms with van der Waals surface area (Å²) in [7, 11) is 0. The van der Waals surface area contributed by atoms with Crippen LogP contribution < -0.4 is 5.32 Å². The predicted molar refractivity (Wildman–Crippen MR) is 158 cm³/mol. The summed E-state index contributed by atoms with van der Waals surface area (Å²) in [5.74, 6) is 1.49. The minimum absolute atomic E-state index is 0.0884. The van der Waals surface area contributed by atoms with E-state index in [1.54, 1.807) is 17.2 Å². The number of H-pyrrole nitrogens is 2. The molecule has 206 valence electrons. The Balaban J connectivity index is 1.02. The second kappa shape index (κ2) is 11.2. The molecule has 2 aliphatic heterocycles. The quantitative estimate of drug-likeness (QED) is 0.217. The fourth-order valence-electron chi connectivity index (χ4n) is 5.77. The van der Waals surface area contributed by atoms with E-state index in [4.69, 9.17) is 4.84 Å².